The van der Waals surface area contributed by atoms with Gasteiger partial charge in [0.15, 0.2) is 0 Å². The Morgan fingerprint density at radius 1 is 1.14 bits per heavy atom. The fraction of sp³-hybridized carbons (Fsp3) is 0.333. The molecule has 0 aliphatic heterocycles. The summed E-state index contributed by atoms with van der Waals surface area (Å²) < 4.78 is 12.5. The van der Waals surface area contributed by atoms with Crippen LogP contribution < -0.4 is 10.6 Å². The van der Waals surface area contributed by atoms with Crippen LogP contribution in [-0.4, -0.2) is 37.8 Å². The van der Waals surface area contributed by atoms with Gasteiger partial charge in [0, 0.05) is 24.5 Å². The topological polar surface area (TPSA) is 111 Å². The van der Waals surface area contributed by atoms with Gasteiger partial charge >= 0.3 is 6.09 Å². The van der Waals surface area contributed by atoms with Crippen LogP contribution >= 0.6 is 11.6 Å². The molecule has 2 N–H and O–H groups in total. The highest BCUT2D eigenvalue weighted by Gasteiger charge is 2.51. The summed E-state index contributed by atoms with van der Waals surface area (Å²) in [7, 11) is 0. The zero-order valence-electron chi connectivity index (χ0n) is 21.1. The molecule has 0 saturated heterocycles. The van der Waals surface area contributed by atoms with Crippen LogP contribution in [0, 0.1) is 6.92 Å². The van der Waals surface area contributed by atoms with Gasteiger partial charge in [-0.2, -0.15) is 4.98 Å². The second-order valence-electron chi connectivity index (χ2n) is 10.2. The average Bonchev–Trinajstić information content (AvgIpc) is 3.40. The third-order valence-electron chi connectivity index (χ3n) is 6.12. The monoisotopic (exact) mass is 521 g/mol. The summed E-state index contributed by atoms with van der Waals surface area (Å²) in [6, 6.07) is 15.6. The Hall–Kier alpha value is -3.85. The van der Waals surface area contributed by atoms with E-state index in [1.807, 2.05) is 53.1 Å². The molecule has 1 fully saturated rings. The number of fused-ring (bicyclic) bond motifs is 1. The minimum atomic E-state index is -0.902. The molecule has 0 spiro atoms. The zero-order chi connectivity index (χ0) is 26.4. The number of nitrogens with zero attached hydrogens (tertiary/aromatic N) is 3. The summed E-state index contributed by atoms with van der Waals surface area (Å²) in [6.45, 7) is 7.40. The Kier molecular flexibility index (Phi) is 6.19. The van der Waals surface area contributed by atoms with Gasteiger partial charge in [0.2, 0.25) is 17.6 Å². The molecule has 1 aliphatic carbocycles. The number of rotatable bonds is 6. The normalized spacial score (nSPS) is 14.4. The number of benzene rings is 2. The number of aryl methyl sites for hydroxylation is 1. The maximum absolute atomic E-state index is 12.8. The summed E-state index contributed by atoms with van der Waals surface area (Å²) in [5.74, 6) is 0.631. The van der Waals surface area contributed by atoms with E-state index in [1.165, 1.54) is 0 Å². The van der Waals surface area contributed by atoms with Crippen LogP contribution in [0.15, 0.2) is 53.1 Å². The first kappa shape index (κ1) is 24.8. The van der Waals surface area contributed by atoms with E-state index in [-0.39, 0.29) is 5.91 Å². The Bertz CT molecular complexity index is 1480. The largest absolute Gasteiger partial charge is 0.444 e. The number of halogens is 1. The summed E-state index contributed by atoms with van der Waals surface area (Å²) in [4.78, 5) is 29.4. The molecule has 0 unspecified atom stereocenters. The van der Waals surface area contributed by atoms with Gasteiger partial charge < -0.3 is 24.5 Å². The number of alkyl carbamates (subject to hydrolysis) is 1. The number of amides is 2. The molecule has 2 aromatic heterocycles. The molecule has 0 bridgehead atoms. The van der Waals surface area contributed by atoms with Crippen LogP contribution in [0.1, 0.15) is 45.1 Å². The Morgan fingerprint density at radius 3 is 2.46 bits per heavy atom. The molecule has 2 amide bonds. The molecule has 192 valence electrons. The van der Waals surface area contributed by atoms with E-state index in [1.54, 1.807) is 27.7 Å². The minimum Gasteiger partial charge on any atom is -0.444 e. The van der Waals surface area contributed by atoms with Crippen molar-refractivity contribution in [3.05, 3.63) is 65.0 Å². The highest BCUT2D eigenvalue weighted by atomic mass is 35.5. The summed E-state index contributed by atoms with van der Waals surface area (Å²) >= 11 is 6.76. The van der Waals surface area contributed by atoms with Gasteiger partial charge in [-0.05, 0) is 57.4 Å². The maximum Gasteiger partial charge on any atom is 0.408 e. The van der Waals surface area contributed by atoms with Crippen LogP contribution in [0.4, 0.5) is 4.79 Å². The van der Waals surface area contributed by atoms with Crippen LogP contribution in [0.5, 0.6) is 0 Å². The molecule has 2 heterocycles. The first-order valence-electron chi connectivity index (χ1n) is 12.0. The van der Waals surface area contributed by atoms with Crippen molar-refractivity contribution in [3.8, 4) is 17.2 Å². The van der Waals surface area contributed by atoms with Gasteiger partial charge in [-0.3, -0.25) is 4.79 Å². The first-order chi connectivity index (χ1) is 17.6. The molecule has 2 aromatic carbocycles. The lowest BCUT2D eigenvalue weighted by molar-refractivity contribution is -0.124. The molecule has 9 nitrogen and oxygen atoms in total. The third kappa shape index (κ3) is 5.04. The number of para-hydroxylation sites is 1. The standard InChI is InChI=1S/C27H28ClN5O4/c1-16-30-23(32-37-16)22-21(28)19-7-5-6-8-20(19)33(22)18-11-9-17(10-12-18)15-29-24(34)27(13-14-27)31-25(35)36-26(2,3)4/h5-12H,13-15H2,1-4H3,(H,29,34)(H,31,35). The van der Waals surface area contributed by atoms with Gasteiger partial charge in [-0.1, -0.05) is 47.1 Å². The molecular weight excluding hydrogens is 494 g/mol. The molecule has 1 saturated carbocycles. The highest BCUT2D eigenvalue weighted by Crippen LogP contribution is 2.39. The van der Waals surface area contributed by atoms with E-state index in [4.69, 9.17) is 20.9 Å². The lowest BCUT2D eigenvalue weighted by Crippen LogP contribution is -2.50. The molecule has 10 heteroatoms. The predicted molar refractivity (Wildman–Crippen MR) is 139 cm³/mol. The van der Waals surface area contributed by atoms with Crippen molar-refractivity contribution in [2.75, 3.05) is 0 Å². The number of aromatic nitrogens is 3. The molecule has 0 atom stereocenters. The van der Waals surface area contributed by atoms with E-state index in [0.29, 0.717) is 41.8 Å². The fourth-order valence-electron chi connectivity index (χ4n) is 4.21. The Labute approximate surface area is 219 Å². The van der Waals surface area contributed by atoms with Gasteiger partial charge in [-0.15, -0.1) is 0 Å². The Balaban J connectivity index is 1.34. The number of hydrogen-bond acceptors (Lipinski definition) is 6. The second-order valence-corrected chi connectivity index (χ2v) is 10.6. The van der Waals surface area contributed by atoms with Gasteiger partial charge in [0.25, 0.3) is 0 Å². The van der Waals surface area contributed by atoms with Gasteiger partial charge in [-0.25, -0.2) is 4.79 Å². The van der Waals surface area contributed by atoms with Gasteiger partial charge in [0.05, 0.1) is 10.5 Å². The van der Waals surface area contributed by atoms with Crippen LogP contribution in [0.2, 0.25) is 5.02 Å². The third-order valence-corrected chi connectivity index (χ3v) is 6.51. The molecule has 37 heavy (non-hydrogen) atoms. The zero-order valence-corrected chi connectivity index (χ0v) is 21.8. The van der Waals surface area contributed by atoms with E-state index >= 15 is 0 Å². The minimum absolute atomic E-state index is 0.222. The maximum atomic E-state index is 12.8. The van der Waals surface area contributed by atoms with Crippen molar-refractivity contribution >= 4 is 34.5 Å². The van der Waals surface area contributed by atoms with Crippen LogP contribution in [0.25, 0.3) is 28.1 Å². The summed E-state index contributed by atoms with van der Waals surface area (Å²) in [6.07, 6.45) is 0.572. The Morgan fingerprint density at radius 2 is 1.84 bits per heavy atom. The molecule has 5 rings (SSSR count). The number of hydrogen-bond donors (Lipinski definition) is 2. The van der Waals surface area contributed by atoms with Crippen LogP contribution in [0.3, 0.4) is 0 Å². The summed E-state index contributed by atoms with van der Waals surface area (Å²) in [5, 5.41) is 11.2. The van der Waals surface area contributed by atoms with Crippen molar-refractivity contribution in [2.45, 2.75) is 58.2 Å². The molecular formula is C27H28ClN5O4. The lowest BCUT2D eigenvalue weighted by atomic mass is 10.1. The van der Waals surface area contributed by atoms with E-state index in [9.17, 15) is 9.59 Å². The smallest absolute Gasteiger partial charge is 0.408 e. The molecule has 1 aliphatic rings. The SMILES string of the molecule is Cc1nc(-c2c(Cl)c3ccccc3n2-c2ccc(CNC(=O)C3(NC(=O)OC(C)(C)C)CC3)cc2)no1. The summed E-state index contributed by atoms with van der Waals surface area (Å²) in [5.41, 5.74) is 1.79. The predicted octanol–water partition coefficient (Wildman–Crippen LogP) is 5.32. The van der Waals surface area contributed by atoms with E-state index in [0.717, 1.165) is 22.2 Å². The fourth-order valence-corrected chi connectivity index (χ4v) is 4.54. The number of carbonyl (C=O) groups excluding carboxylic acids is 2. The quantitative estimate of drug-likeness (QED) is 0.355. The second kappa shape index (κ2) is 9.23. The number of nitrogens with one attached hydrogen (secondary N) is 2. The van der Waals surface area contributed by atoms with Crippen molar-refractivity contribution in [3.63, 3.8) is 0 Å². The van der Waals surface area contributed by atoms with Crippen molar-refractivity contribution in [1.29, 1.82) is 0 Å². The van der Waals surface area contributed by atoms with Crippen molar-refractivity contribution < 1.29 is 18.8 Å². The van der Waals surface area contributed by atoms with E-state index in [2.05, 4.69) is 20.8 Å². The van der Waals surface area contributed by atoms with Crippen LogP contribution in [-0.2, 0) is 16.1 Å². The van der Waals surface area contributed by atoms with Crippen molar-refractivity contribution in [2.24, 2.45) is 0 Å². The molecule has 0 radical (unpaired) electrons. The van der Waals surface area contributed by atoms with Crippen molar-refractivity contribution in [1.82, 2.24) is 25.3 Å². The number of ether oxygens (including phenoxy) is 1. The average molecular weight is 522 g/mol. The number of carbonyl (C=O) groups is 2. The highest BCUT2D eigenvalue weighted by molar-refractivity contribution is 6.38. The first-order valence-corrected chi connectivity index (χ1v) is 12.4. The van der Waals surface area contributed by atoms with E-state index < -0.39 is 17.2 Å². The lowest BCUT2D eigenvalue weighted by Gasteiger charge is -2.23. The van der Waals surface area contributed by atoms with Gasteiger partial charge in [0.1, 0.15) is 16.8 Å². The molecule has 4 aromatic rings.